The Bertz CT molecular complexity index is 339. The molecule has 1 saturated heterocycles. The maximum Gasteiger partial charge on any atom is 0.222 e. The molecule has 0 atom stereocenters. The van der Waals surface area contributed by atoms with E-state index in [1.54, 1.807) is 6.20 Å². The van der Waals surface area contributed by atoms with Gasteiger partial charge in [0.2, 0.25) is 5.95 Å². The second kappa shape index (κ2) is 5.03. The third kappa shape index (κ3) is 2.75. The second-order valence-corrected chi connectivity index (χ2v) is 5.43. The highest BCUT2D eigenvalue weighted by Crippen LogP contribution is 2.25. The van der Waals surface area contributed by atoms with E-state index in [2.05, 4.69) is 30.8 Å². The summed E-state index contributed by atoms with van der Waals surface area (Å²) in [5.41, 5.74) is 5.60. The quantitative estimate of drug-likeness (QED) is 0.854. The largest absolute Gasteiger partial charge is 0.368 e. The molecule has 2 heterocycles. The maximum absolute atomic E-state index is 5.60. The number of nitrogen functional groups attached to an aromatic ring is 1. The molecule has 1 aliphatic rings. The molecule has 0 bridgehead atoms. The predicted molar refractivity (Wildman–Crippen MR) is 68.3 cm³/mol. The summed E-state index contributed by atoms with van der Waals surface area (Å²) in [6.07, 6.45) is 2.91. The van der Waals surface area contributed by atoms with Crippen molar-refractivity contribution in [3.63, 3.8) is 0 Å². The Morgan fingerprint density at radius 3 is 3.13 bits per heavy atom. The molecule has 0 saturated carbocycles. The zero-order valence-corrected chi connectivity index (χ0v) is 10.7. The number of hydrogen-bond acceptors (Lipinski definition) is 5. The van der Waals surface area contributed by atoms with Crippen LogP contribution >= 0.6 is 27.7 Å². The van der Waals surface area contributed by atoms with Crippen LogP contribution in [0.2, 0.25) is 0 Å². The minimum Gasteiger partial charge on any atom is -0.368 e. The first kappa shape index (κ1) is 11.0. The Balaban J connectivity index is 2.22. The lowest BCUT2D eigenvalue weighted by atomic mass is 10.4. The van der Waals surface area contributed by atoms with Gasteiger partial charge in [0.25, 0.3) is 0 Å². The fraction of sp³-hybridized carbons (Fsp3) is 0.556. The van der Waals surface area contributed by atoms with Crippen molar-refractivity contribution in [1.82, 2.24) is 9.97 Å². The van der Waals surface area contributed by atoms with Crippen LogP contribution in [0.3, 0.4) is 0 Å². The molecular formula is C9H13BrN4S. The van der Waals surface area contributed by atoms with E-state index in [0.717, 1.165) is 29.1 Å². The van der Waals surface area contributed by atoms with E-state index in [4.69, 9.17) is 5.73 Å². The van der Waals surface area contributed by atoms with Crippen LogP contribution in [0.1, 0.15) is 6.42 Å². The number of thioether (sulfide) groups is 1. The number of aromatic nitrogens is 2. The smallest absolute Gasteiger partial charge is 0.222 e. The van der Waals surface area contributed by atoms with Gasteiger partial charge >= 0.3 is 0 Å². The molecule has 1 fully saturated rings. The summed E-state index contributed by atoms with van der Waals surface area (Å²) in [6.45, 7) is 2.07. The maximum atomic E-state index is 5.60. The predicted octanol–water partition coefficient (Wildman–Crippen LogP) is 1.76. The van der Waals surface area contributed by atoms with Crippen molar-refractivity contribution in [1.29, 1.82) is 0 Å². The molecule has 0 aliphatic carbocycles. The molecule has 1 aromatic heterocycles. The monoisotopic (exact) mass is 288 g/mol. The lowest BCUT2D eigenvalue weighted by molar-refractivity contribution is 0.797. The first-order chi connectivity index (χ1) is 7.27. The summed E-state index contributed by atoms with van der Waals surface area (Å²) in [4.78, 5) is 10.5. The molecule has 1 aromatic rings. The summed E-state index contributed by atoms with van der Waals surface area (Å²) < 4.78 is 0.920. The SMILES string of the molecule is Nc1ncc(Br)c(N2CCCSCC2)n1. The number of anilines is 2. The lowest BCUT2D eigenvalue weighted by Gasteiger charge is -2.21. The standard InChI is InChI=1S/C9H13BrN4S/c10-7-6-12-9(11)13-8(7)14-2-1-4-15-5-3-14/h6H,1-5H2,(H2,11,12,13). The van der Waals surface area contributed by atoms with Crippen molar-refractivity contribution in [2.45, 2.75) is 6.42 Å². The molecular weight excluding hydrogens is 276 g/mol. The minimum atomic E-state index is 0.338. The average Bonchev–Trinajstić information content (AvgIpc) is 2.50. The van der Waals surface area contributed by atoms with Crippen LogP contribution in [-0.2, 0) is 0 Å². The molecule has 0 radical (unpaired) electrons. The summed E-state index contributed by atoms with van der Waals surface area (Å²) in [5, 5.41) is 0. The van der Waals surface area contributed by atoms with E-state index >= 15 is 0 Å². The molecule has 2 N–H and O–H groups in total. The van der Waals surface area contributed by atoms with Crippen molar-refractivity contribution < 1.29 is 0 Å². The van der Waals surface area contributed by atoms with E-state index in [9.17, 15) is 0 Å². The van der Waals surface area contributed by atoms with Crippen molar-refractivity contribution in [3.05, 3.63) is 10.7 Å². The van der Waals surface area contributed by atoms with Crippen LogP contribution in [0.4, 0.5) is 11.8 Å². The molecule has 1 aliphatic heterocycles. The van der Waals surface area contributed by atoms with Gasteiger partial charge in [0, 0.05) is 25.0 Å². The Kier molecular flexibility index (Phi) is 3.69. The molecule has 0 spiro atoms. The lowest BCUT2D eigenvalue weighted by Crippen LogP contribution is -2.27. The Morgan fingerprint density at radius 1 is 1.40 bits per heavy atom. The number of nitrogens with zero attached hydrogens (tertiary/aromatic N) is 3. The normalized spacial score (nSPS) is 17.5. The average molecular weight is 289 g/mol. The molecule has 0 unspecified atom stereocenters. The Labute approximate surface area is 102 Å². The molecule has 4 nitrogen and oxygen atoms in total. The van der Waals surface area contributed by atoms with Crippen LogP contribution < -0.4 is 10.6 Å². The van der Waals surface area contributed by atoms with Gasteiger partial charge in [-0.25, -0.2) is 4.98 Å². The number of halogens is 1. The van der Waals surface area contributed by atoms with Gasteiger partial charge in [0.15, 0.2) is 0 Å². The fourth-order valence-electron chi connectivity index (χ4n) is 1.55. The van der Waals surface area contributed by atoms with Gasteiger partial charge in [-0.2, -0.15) is 16.7 Å². The second-order valence-electron chi connectivity index (χ2n) is 3.35. The van der Waals surface area contributed by atoms with Crippen LogP contribution in [0.25, 0.3) is 0 Å². The zero-order chi connectivity index (χ0) is 10.7. The Morgan fingerprint density at radius 2 is 2.27 bits per heavy atom. The Hall–Kier alpha value is -0.490. The fourth-order valence-corrected chi connectivity index (χ4v) is 2.88. The van der Waals surface area contributed by atoms with Gasteiger partial charge in [-0.1, -0.05) is 0 Å². The number of nitrogens with two attached hydrogens (primary N) is 1. The van der Waals surface area contributed by atoms with Crippen molar-refractivity contribution in [2.75, 3.05) is 35.2 Å². The van der Waals surface area contributed by atoms with Crippen LogP contribution in [0, 0.1) is 0 Å². The van der Waals surface area contributed by atoms with Gasteiger partial charge in [-0.3, -0.25) is 0 Å². The van der Waals surface area contributed by atoms with Crippen LogP contribution in [-0.4, -0.2) is 34.6 Å². The van der Waals surface area contributed by atoms with Gasteiger partial charge in [0.05, 0.1) is 4.47 Å². The molecule has 0 amide bonds. The van der Waals surface area contributed by atoms with Crippen molar-refractivity contribution in [3.8, 4) is 0 Å². The first-order valence-corrected chi connectivity index (χ1v) is 6.83. The minimum absolute atomic E-state index is 0.338. The molecule has 6 heteroatoms. The van der Waals surface area contributed by atoms with Crippen LogP contribution in [0.15, 0.2) is 10.7 Å². The highest BCUT2D eigenvalue weighted by molar-refractivity contribution is 9.10. The summed E-state index contributed by atoms with van der Waals surface area (Å²) in [5.74, 6) is 3.64. The first-order valence-electron chi connectivity index (χ1n) is 4.88. The molecule has 2 rings (SSSR count). The van der Waals surface area contributed by atoms with Gasteiger partial charge < -0.3 is 10.6 Å². The zero-order valence-electron chi connectivity index (χ0n) is 8.32. The summed E-state index contributed by atoms with van der Waals surface area (Å²) in [6, 6.07) is 0. The van der Waals surface area contributed by atoms with Crippen molar-refractivity contribution in [2.24, 2.45) is 0 Å². The topological polar surface area (TPSA) is 55.0 Å². The summed E-state index contributed by atoms with van der Waals surface area (Å²) in [7, 11) is 0. The van der Waals surface area contributed by atoms with Crippen LogP contribution in [0.5, 0.6) is 0 Å². The summed E-state index contributed by atoms with van der Waals surface area (Å²) >= 11 is 5.46. The van der Waals surface area contributed by atoms with E-state index in [-0.39, 0.29) is 0 Å². The van der Waals surface area contributed by atoms with Gasteiger partial charge in [-0.05, 0) is 28.1 Å². The highest BCUT2D eigenvalue weighted by Gasteiger charge is 2.14. The van der Waals surface area contributed by atoms with E-state index < -0.39 is 0 Å². The molecule has 0 aromatic carbocycles. The number of rotatable bonds is 1. The molecule has 15 heavy (non-hydrogen) atoms. The third-order valence-corrected chi connectivity index (χ3v) is 3.87. The van der Waals surface area contributed by atoms with E-state index in [0.29, 0.717) is 5.95 Å². The highest BCUT2D eigenvalue weighted by atomic mass is 79.9. The third-order valence-electron chi connectivity index (χ3n) is 2.27. The molecule has 82 valence electrons. The van der Waals surface area contributed by atoms with E-state index in [1.807, 2.05) is 11.8 Å². The van der Waals surface area contributed by atoms with Crippen molar-refractivity contribution >= 4 is 39.5 Å². The van der Waals surface area contributed by atoms with E-state index in [1.165, 1.54) is 12.2 Å². The number of hydrogen-bond donors (Lipinski definition) is 1. The van der Waals surface area contributed by atoms with Gasteiger partial charge in [-0.15, -0.1) is 0 Å². The van der Waals surface area contributed by atoms with Gasteiger partial charge in [0.1, 0.15) is 5.82 Å².